The fraction of sp³-hybridized carbons (Fsp3) is 0. The van der Waals surface area contributed by atoms with Crippen LogP contribution >= 0.6 is 0 Å². The van der Waals surface area contributed by atoms with Crippen molar-refractivity contribution in [2.75, 3.05) is 0 Å². The van der Waals surface area contributed by atoms with Crippen molar-refractivity contribution >= 4 is 17.2 Å². The summed E-state index contributed by atoms with van der Waals surface area (Å²) >= 11 is 0. The molecule has 0 aliphatic carbocycles. The van der Waals surface area contributed by atoms with Crippen LogP contribution in [0, 0.1) is 11.3 Å². The van der Waals surface area contributed by atoms with E-state index in [0.29, 0.717) is 22.5 Å². The number of aromatic amines is 1. The minimum Gasteiger partial charge on any atom is -0.353 e. The number of fused-ring (bicyclic) bond motifs is 1. The van der Waals surface area contributed by atoms with E-state index in [9.17, 15) is 4.79 Å². The Morgan fingerprint density at radius 2 is 2.16 bits per heavy atom. The first-order valence-corrected chi connectivity index (χ1v) is 5.76. The summed E-state index contributed by atoms with van der Waals surface area (Å²) < 4.78 is 0. The van der Waals surface area contributed by atoms with Gasteiger partial charge in [0.25, 0.3) is 0 Å². The van der Waals surface area contributed by atoms with Gasteiger partial charge in [-0.25, -0.2) is 0 Å². The van der Waals surface area contributed by atoms with Gasteiger partial charge in [-0.15, -0.1) is 0 Å². The molecule has 0 saturated carbocycles. The molecule has 4 nitrogen and oxygen atoms in total. The fourth-order valence-electron chi connectivity index (χ4n) is 2.12. The number of carbonyl (C=O) groups excluding carboxylic acids is 1. The number of hydrogen-bond donors (Lipinski definition) is 1. The Kier molecular flexibility index (Phi) is 2.58. The molecule has 0 fully saturated rings. The Morgan fingerprint density at radius 3 is 2.84 bits per heavy atom. The molecule has 2 aromatic heterocycles. The van der Waals surface area contributed by atoms with E-state index < -0.39 is 0 Å². The number of rotatable bonds is 2. The fourth-order valence-corrected chi connectivity index (χ4v) is 2.12. The first-order valence-electron chi connectivity index (χ1n) is 5.76. The largest absolute Gasteiger partial charge is 0.353 e. The summed E-state index contributed by atoms with van der Waals surface area (Å²) in [7, 11) is 0. The van der Waals surface area contributed by atoms with Gasteiger partial charge in [0.2, 0.25) is 0 Å². The number of nitrogens with one attached hydrogen (secondary N) is 1. The third kappa shape index (κ3) is 1.78. The maximum absolute atomic E-state index is 11.3. The first kappa shape index (κ1) is 11.2. The number of aromatic nitrogens is 2. The molecule has 19 heavy (non-hydrogen) atoms. The molecule has 1 aromatic carbocycles. The van der Waals surface area contributed by atoms with Crippen molar-refractivity contribution in [1.29, 1.82) is 5.26 Å². The quantitative estimate of drug-likeness (QED) is 0.708. The Balaban J connectivity index is 2.33. The molecule has 3 aromatic rings. The highest BCUT2D eigenvalue weighted by Gasteiger charge is 2.13. The van der Waals surface area contributed by atoms with Crippen molar-refractivity contribution in [3.63, 3.8) is 0 Å². The summed E-state index contributed by atoms with van der Waals surface area (Å²) in [5.74, 6) is 0. The predicted octanol–water partition coefficient (Wildman–Crippen LogP) is 2.91. The van der Waals surface area contributed by atoms with E-state index in [0.717, 1.165) is 17.2 Å². The lowest BCUT2D eigenvalue weighted by Crippen LogP contribution is -1.87. The first-order chi connectivity index (χ1) is 9.33. The maximum atomic E-state index is 11.3. The number of hydrogen-bond acceptors (Lipinski definition) is 3. The number of H-pyrrole nitrogens is 1. The summed E-state index contributed by atoms with van der Waals surface area (Å²) in [4.78, 5) is 18.8. The Morgan fingerprint density at radius 1 is 1.26 bits per heavy atom. The average molecular weight is 247 g/mol. The summed E-state index contributed by atoms with van der Waals surface area (Å²) in [5, 5.41) is 9.67. The lowest BCUT2D eigenvalue weighted by atomic mass is 10.1. The van der Waals surface area contributed by atoms with E-state index in [4.69, 9.17) is 5.26 Å². The van der Waals surface area contributed by atoms with E-state index in [1.807, 2.05) is 18.2 Å². The number of aldehydes is 1. The van der Waals surface area contributed by atoms with Gasteiger partial charge in [0, 0.05) is 22.7 Å². The Labute approximate surface area is 109 Å². The molecule has 0 radical (unpaired) electrons. The molecule has 2 heterocycles. The third-order valence-corrected chi connectivity index (χ3v) is 3.01. The van der Waals surface area contributed by atoms with Gasteiger partial charge in [0.05, 0.1) is 23.0 Å². The van der Waals surface area contributed by atoms with Crippen LogP contribution in [0.15, 0.2) is 42.6 Å². The van der Waals surface area contributed by atoms with Crippen molar-refractivity contribution in [2.24, 2.45) is 0 Å². The Hall–Kier alpha value is -2.93. The third-order valence-electron chi connectivity index (χ3n) is 3.01. The van der Waals surface area contributed by atoms with E-state index in [1.54, 1.807) is 24.4 Å². The van der Waals surface area contributed by atoms with Gasteiger partial charge in [0.15, 0.2) is 6.29 Å². The number of benzene rings is 1. The molecule has 3 rings (SSSR count). The zero-order chi connectivity index (χ0) is 13.2. The van der Waals surface area contributed by atoms with Crippen LogP contribution in [0.4, 0.5) is 0 Å². The van der Waals surface area contributed by atoms with Crippen LogP contribution in [-0.2, 0) is 0 Å². The molecule has 0 saturated heterocycles. The number of carbonyl (C=O) groups is 1. The standard InChI is InChI=1S/C15H9N3O/c16-8-10-4-5-13-11(7-10)12(9-19)15(18-13)14-3-1-2-6-17-14/h1-7,9,18H. The van der Waals surface area contributed by atoms with Gasteiger partial charge in [0.1, 0.15) is 0 Å². The van der Waals surface area contributed by atoms with Crippen LogP contribution in [0.3, 0.4) is 0 Å². The summed E-state index contributed by atoms with van der Waals surface area (Å²) in [6, 6.07) is 12.8. The highest BCUT2D eigenvalue weighted by atomic mass is 16.1. The zero-order valence-electron chi connectivity index (χ0n) is 9.92. The summed E-state index contributed by atoms with van der Waals surface area (Å²) in [5.41, 5.74) is 3.27. The lowest BCUT2D eigenvalue weighted by molar-refractivity contribution is 0.112. The molecule has 0 aliphatic heterocycles. The monoisotopic (exact) mass is 247 g/mol. The predicted molar refractivity (Wildman–Crippen MR) is 71.6 cm³/mol. The van der Waals surface area contributed by atoms with E-state index in [1.165, 1.54) is 0 Å². The molecule has 0 aliphatic rings. The molecule has 0 unspecified atom stereocenters. The van der Waals surface area contributed by atoms with Crippen LogP contribution in [0.2, 0.25) is 0 Å². The SMILES string of the molecule is N#Cc1ccc2[nH]c(-c3ccccn3)c(C=O)c2c1. The van der Waals surface area contributed by atoms with Crippen molar-refractivity contribution < 1.29 is 4.79 Å². The molecule has 1 N–H and O–H groups in total. The van der Waals surface area contributed by atoms with Gasteiger partial charge >= 0.3 is 0 Å². The average Bonchev–Trinajstić information content (AvgIpc) is 2.85. The highest BCUT2D eigenvalue weighted by molar-refractivity contribution is 6.04. The molecule has 4 heteroatoms. The molecule has 0 atom stereocenters. The molecule has 0 amide bonds. The van der Waals surface area contributed by atoms with Crippen molar-refractivity contribution in [2.45, 2.75) is 0 Å². The molecule has 90 valence electrons. The highest BCUT2D eigenvalue weighted by Crippen LogP contribution is 2.28. The van der Waals surface area contributed by atoms with Gasteiger partial charge < -0.3 is 4.98 Å². The van der Waals surface area contributed by atoms with Gasteiger partial charge in [-0.1, -0.05) is 6.07 Å². The second-order valence-corrected chi connectivity index (χ2v) is 4.12. The van der Waals surface area contributed by atoms with Crippen LogP contribution < -0.4 is 0 Å². The minimum absolute atomic E-state index is 0.530. The van der Waals surface area contributed by atoms with Crippen molar-refractivity contribution in [1.82, 2.24) is 9.97 Å². The van der Waals surface area contributed by atoms with Crippen molar-refractivity contribution in [3.8, 4) is 17.5 Å². The van der Waals surface area contributed by atoms with Crippen LogP contribution in [0.25, 0.3) is 22.3 Å². The van der Waals surface area contributed by atoms with E-state index in [2.05, 4.69) is 16.0 Å². The normalized spacial score (nSPS) is 10.3. The second kappa shape index (κ2) is 4.39. The number of nitriles is 1. The molecule has 0 spiro atoms. The Bertz CT molecular complexity index is 797. The second-order valence-electron chi connectivity index (χ2n) is 4.12. The van der Waals surface area contributed by atoms with Gasteiger partial charge in [-0.05, 0) is 30.3 Å². The number of pyridine rings is 1. The topological polar surface area (TPSA) is 69.5 Å². The van der Waals surface area contributed by atoms with Crippen LogP contribution in [0.5, 0.6) is 0 Å². The smallest absolute Gasteiger partial charge is 0.152 e. The molecule has 0 bridgehead atoms. The van der Waals surface area contributed by atoms with Crippen molar-refractivity contribution in [3.05, 3.63) is 53.7 Å². The molecular formula is C15H9N3O. The number of nitrogens with zero attached hydrogens (tertiary/aromatic N) is 2. The molecular weight excluding hydrogens is 238 g/mol. The van der Waals surface area contributed by atoms with Gasteiger partial charge in [-0.2, -0.15) is 5.26 Å². The maximum Gasteiger partial charge on any atom is 0.152 e. The van der Waals surface area contributed by atoms with E-state index >= 15 is 0 Å². The van der Waals surface area contributed by atoms with Crippen LogP contribution in [0.1, 0.15) is 15.9 Å². The summed E-state index contributed by atoms with van der Waals surface area (Å²) in [6.07, 6.45) is 2.47. The minimum atomic E-state index is 0.530. The van der Waals surface area contributed by atoms with Crippen LogP contribution in [-0.4, -0.2) is 16.3 Å². The van der Waals surface area contributed by atoms with E-state index in [-0.39, 0.29) is 0 Å². The zero-order valence-corrected chi connectivity index (χ0v) is 9.92. The summed E-state index contributed by atoms with van der Waals surface area (Å²) in [6.45, 7) is 0. The van der Waals surface area contributed by atoms with Gasteiger partial charge in [-0.3, -0.25) is 9.78 Å². The lowest BCUT2D eigenvalue weighted by Gasteiger charge is -1.97.